The molecule has 0 heterocycles. The Morgan fingerprint density at radius 1 is 1.39 bits per heavy atom. The molecule has 0 saturated heterocycles. The summed E-state index contributed by atoms with van der Waals surface area (Å²) in [5.41, 5.74) is 6.50. The molecule has 0 radical (unpaired) electrons. The van der Waals surface area contributed by atoms with E-state index in [4.69, 9.17) is 15.7 Å². The van der Waals surface area contributed by atoms with E-state index in [-0.39, 0.29) is 12.1 Å². The molecule has 4 heteroatoms. The number of benzene rings is 1. The number of hydrogen-bond donors (Lipinski definition) is 1. The first-order valence-electron chi connectivity index (χ1n) is 6.10. The number of ether oxygens (including phenoxy) is 1. The molecule has 0 saturated carbocycles. The maximum absolute atomic E-state index is 13.6. The number of halogens is 1. The van der Waals surface area contributed by atoms with E-state index in [1.54, 1.807) is 12.1 Å². The van der Waals surface area contributed by atoms with Gasteiger partial charge in [-0.3, -0.25) is 0 Å². The summed E-state index contributed by atoms with van der Waals surface area (Å²) >= 11 is 0. The molecule has 0 aliphatic rings. The van der Waals surface area contributed by atoms with Crippen LogP contribution in [0, 0.1) is 17.1 Å². The second kappa shape index (κ2) is 6.48. The van der Waals surface area contributed by atoms with E-state index in [0.29, 0.717) is 17.7 Å². The van der Waals surface area contributed by atoms with E-state index in [0.717, 1.165) is 12.8 Å². The lowest BCUT2D eigenvalue weighted by atomic mass is 9.96. The van der Waals surface area contributed by atoms with Gasteiger partial charge in [-0.05, 0) is 25.0 Å². The highest BCUT2D eigenvalue weighted by Crippen LogP contribution is 2.15. The molecule has 1 rings (SSSR count). The van der Waals surface area contributed by atoms with E-state index < -0.39 is 5.82 Å². The molecule has 0 atom stereocenters. The number of nitriles is 1. The molecule has 18 heavy (non-hydrogen) atoms. The van der Waals surface area contributed by atoms with Gasteiger partial charge < -0.3 is 10.5 Å². The van der Waals surface area contributed by atoms with Crippen LogP contribution in [0.2, 0.25) is 0 Å². The zero-order valence-corrected chi connectivity index (χ0v) is 10.9. The molecule has 0 bridgehead atoms. The van der Waals surface area contributed by atoms with Gasteiger partial charge in [-0.15, -0.1) is 0 Å². The van der Waals surface area contributed by atoms with Gasteiger partial charge in [0.05, 0.1) is 24.8 Å². The van der Waals surface area contributed by atoms with Crippen LogP contribution in [0.25, 0.3) is 0 Å². The molecule has 1 aromatic carbocycles. The fraction of sp³-hybridized carbons (Fsp3) is 0.500. The molecule has 1 aromatic rings. The molecule has 98 valence electrons. The molecule has 0 unspecified atom stereocenters. The molecule has 0 aliphatic heterocycles. The highest BCUT2D eigenvalue weighted by Gasteiger charge is 2.20. The third kappa shape index (κ3) is 3.80. The van der Waals surface area contributed by atoms with Gasteiger partial charge in [0.25, 0.3) is 0 Å². The summed E-state index contributed by atoms with van der Waals surface area (Å²) in [6, 6.07) is 6.26. The number of nitrogens with two attached hydrogens (primary N) is 1. The minimum atomic E-state index is -0.412. The van der Waals surface area contributed by atoms with Crippen molar-refractivity contribution in [3.8, 4) is 6.07 Å². The fourth-order valence-corrected chi connectivity index (χ4v) is 1.55. The standard InChI is InChI=1S/C14H19FN2O/c1-3-14(17,4-2)10-18-9-12-6-5-11(8-16)7-13(12)15/h5-7H,3-4,9-10,17H2,1-2H3. The largest absolute Gasteiger partial charge is 0.375 e. The van der Waals surface area contributed by atoms with Crippen molar-refractivity contribution in [2.24, 2.45) is 5.73 Å². The minimum Gasteiger partial charge on any atom is -0.375 e. The first-order valence-corrected chi connectivity index (χ1v) is 6.10. The van der Waals surface area contributed by atoms with Crippen LogP contribution >= 0.6 is 0 Å². The van der Waals surface area contributed by atoms with Crippen LogP contribution in [0.4, 0.5) is 4.39 Å². The SMILES string of the molecule is CCC(N)(CC)COCc1ccc(C#N)cc1F. The number of rotatable bonds is 6. The minimum absolute atomic E-state index is 0.177. The molecular weight excluding hydrogens is 231 g/mol. The second-order valence-corrected chi connectivity index (χ2v) is 4.48. The van der Waals surface area contributed by atoms with Crippen LogP contribution in [0.1, 0.15) is 37.8 Å². The van der Waals surface area contributed by atoms with Gasteiger partial charge in [-0.1, -0.05) is 19.9 Å². The smallest absolute Gasteiger partial charge is 0.130 e. The monoisotopic (exact) mass is 250 g/mol. The van der Waals surface area contributed by atoms with Gasteiger partial charge in [-0.2, -0.15) is 5.26 Å². The molecule has 0 spiro atoms. The van der Waals surface area contributed by atoms with Gasteiger partial charge in [0.1, 0.15) is 5.82 Å². The summed E-state index contributed by atoms with van der Waals surface area (Å²) in [4.78, 5) is 0. The first-order chi connectivity index (χ1) is 8.54. The average Bonchev–Trinajstić information content (AvgIpc) is 2.40. The average molecular weight is 250 g/mol. The summed E-state index contributed by atoms with van der Waals surface area (Å²) in [7, 11) is 0. The third-order valence-corrected chi connectivity index (χ3v) is 3.24. The summed E-state index contributed by atoms with van der Waals surface area (Å²) in [6.07, 6.45) is 1.64. The van der Waals surface area contributed by atoms with Crippen molar-refractivity contribution in [1.82, 2.24) is 0 Å². The summed E-state index contributed by atoms with van der Waals surface area (Å²) < 4.78 is 19.0. The lowest BCUT2D eigenvalue weighted by Crippen LogP contribution is -2.43. The molecule has 0 aromatic heterocycles. The van der Waals surface area contributed by atoms with Crippen LogP contribution < -0.4 is 5.73 Å². The van der Waals surface area contributed by atoms with Crippen molar-refractivity contribution < 1.29 is 9.13 Å². The summed E-state index contributed by atoms with van der Waals surface area (Å²) in [5.74, 6) is -0.412. The van der Waals surface area contributed by atoms with E-state index >= 15 is 0 Å². The van der Waals surface area contributed by atoms with Crippen LogP contribution in [-0.2, 0) is 11.3 Å². The summed E-state index contributed by atoms with van der Waals surface area (Å²) in [6.45, 7) is 4.60. The Hall–Kier alpha value is -1.44. The maximum Gasteiger partial charge on any atom is 0.130 e. The van der Waals surface area contributed by atoms with Gasteiger partial charge in [0, 0.05) is 11.1 Å². The van der Waals surface area contributed by atoms with Crippen molar-refractivity contribution in [2.45, 2.75) is 38.8 Å². The van der Waals surface area contributed by atoms with Gasteiger partial charge in [0.15, 0.2) is 0 Å². The van der Waals surface area contributed by atoms with Crippen LogP contribution in [0.15, 0.2) is 18.2 Å². The molecule has 0 fully saturated rings. The Morgan fingerprint density at radius 3 is 2.56 bits per heavy atom. The van der Waals surface area contributed by atoms with Crippen LogP contribution in [0.3, 0.4) is 0 Å². The first kappa shape index (κ1) is 14.6. The molecule has 0 amide bonds. The lowest BCUT2D eigenvalue weighted by molar-refractivity contribution is 0.0680. The Kier molecular flexibility index (Phi) is 5.26. The Bertz CT molecular complexity index is 436. The van der Waals surface area contributed by atoms with Gasteiger partial charge in [-0.25, -0.2) is 4.39 Å². The maximum atomic E-state index is 13.6. The highest BCUT2D eigenvalue weighted by atomic mass is 19.1. The van der Waals surface area contributed by atoms with Crippen molar-refractivity contribution in [2.75, 3.05) is 6.61 Å². The third-order valence-electron chi connectivity index (χ3n) is 3.24. The van der Waals surface area contributed by atoms with Crippen LogP contribution in [0.5, 0.6) is 0 Å². The van der Waals surface area contributed by atoms with E-state index in [1.807, 2.05) is 19.9 Å². The Labute approximate surface area is 107 Å². The molecule has 3 nitrogen and oxygen atoms in total. The molecule has 0 aliphatic carbocycles. The van der Waals surface area contributed by atoms with E-state index in [9.17, 15) is 4.39 Å². The fourth-order valence-electron chi connectivity index (χ4n) is 1.55. The van der Waals surface area contributed by atoms with Crippen molar-refractivity contribution in [3.05, 3.63) is 35.1 Å². The Morgan fingerprint density at radius 2 is 2.06 bits per heavy atom. The summed E-state index contributed by atoms with van der Waals surface area (Å²) in [5, 5.41) is 8.64. The van der Waals surface area contributed by atoms with Gasteiger partial charge in [0.2, 0.25) is 0 Å². The van der Waals surface area contributed by atoms with E-state index in [1.165, 1.54) is 6.07 Å². The highest BCUT2D eigenvalue weighted by molar-refractivity contribution is 5.32. The zero-order chi connectivity index (χ0) is 13.6. The lowest BCUT2D eigenvalue weighted by Gasteiger charge is -2.26. The van der Waals surface area contributed by atoms with Crippen molar-refractivity contribution in [1.29, 1.82) is 5.26 Å². The zero-order valence-electron chi connectivity index (χ0n) is 10.9. The quantitative estimate of drug-likeness (QED) is 0.844. The predicted octanol–water partition coefficient (Wildman–Crippen LogP) is 2.73. The number of nitrogens with zero attached hydrogens (tertiary/aromatic N) is 1. The van der Waals surface area contributed by atoms with E-state index in [2.05, 4.69) is 0 Å². The molecular formula is C14H19FN2O. The van der Waals surface area contributed by atoms with Crippen molar-refractivity contribution in [3.63, 3.8) is 0 Å². The van der Waals surface area contributed by atoms with Crippen LogP contribution in [-0.4, -0.2) is 12.1 Å². The predicted molar refractivity (Wildman–Crippen MR) is 68.3 cm³/mol. The topological polar surface area (TPSA) is 59.0 Å². The second-order valence-electron chi connectivity index (χ2n) is 4.48. The molecule has 2 N–H and O–H groups in total. The Balaban J connectivity index is 2.57. The van der Waals surface area contributed by atoms with Crippen molar-refractivity contribution >= 4 is 0 Å². The normalized spacial score (nSPS) is 11.3. The number of hydrogen-bond acceptors (Lipinski definition) is 3. The van der Waals surface area contributed by atoms with Gasteiger partial charge >= 0.3 is 0 Å².